The number of rotatable bonds is 7. The predicted molar refractivity (Wildman–Crippen MR) is 85.0 cm³/mol. The Hall–Kier alpha value is -3.01. The van der Waals surface area contributed by atoms with Crippen LogP contribution in [-0.2, 0) is 9.59 Å². The van der Waals surface area contributed by atoms with E-state index in [9.17, 15) is 14.7 Å². The average Bonchev–Trinajstić information content (AvgIpc) is 2.53. The molecular weight excluding hydrogens is 312 g/mol. The molecule has 0 aliphatic heterocycles. The molecule has 1 aromatic rings. The van der Waals surface area contributed by atoms with E-state index >= 15 is 0 Å². The lowest BCUT2D eigenvalue weighted by atomic mass is 10.1. The molecule has 7 nitrogen and oxygen atoms in total. The summed E-state index contributed by atoms with van der Waals surface area (Å²) in [6.07, 6.45) is 0.467. The maximum Gasteiger partial charge on any atom is 0.262 e. The lowest BCUT2D eigenvalue weighted by Crippen LogP contribution is -2.35. The third kappa shape index (κ3) is 5.02. The number of nitrogens with zero attached hydrogens (tertiary/aromatic N) is 2. The van der Waals surface area contributed by atoms with Crippen LogP contribution in [0, 0.1) is 11.3 Å². The Bertz CT molecular complexity index is 689. The smallest absolute Gasteiger partial charge is 0.262 e. The molecule has 0 N–H and O–H groups in total. The first-order valence-electron chi connectivity index (χ1n) is 7.28. The van der Waals surface area contributed by atoms with Crippen molar-refractivity contribution in [3.8, 4) is 17.6 Å². The fraction of sp³-hybridized carbons (Fsp3) is 0.353. The lowest BCUT2D eigenvalue weighted by Gasteiger charge is -2.20. The van der Waals surface area contributed by atoms with E-state index in [1.54, 1.807) is 46.1 Å². The van der Waals surface area contributed by atoms with Crippen molar-refractivity contribution in [3.05, 3.63) is 29.3 Å². The van der Waals surface area contributed by atoms with Crippen LogP contribution >= 0.6 is 0 Å². The number of aliphatic carboxylic acids is 1. The minimum atomic E-state index is -1.55. The molecule has 0 aliphatic rings. The number of hydrogen-bond donors (Lipinski definition) is 0. The van der Waals surface area contributed by atoms with E-state index in [-0.39, 0.29) is 5.91 Å². The zero-order chi connectivity index (χ0) is 18.3. The van der Waals surface area contributed by atoms with Crippen LogP contribution in [0.5, 0.6) is 11.5 Å². The van der Waals surface area contributed by atoms with Crippen molar-refractivity contribution in [1.82, 2.24) is 4.90 Å². The van der Waals surface area contributed by atoms with Crippen molar-refractivity contribution in [1.29, 1.82) is 5.26 Å². The molecule has 0 spiro atoms. The maximum atomic E-state index is 11.9. The molecule has 0 unspecified atom stereocenters. The number of nitriles is 1. The number of benzene rings is 1. The molecule has 0 fully saturated rings. The predicted octanol–water partition coefficient (Wildman–Crippen LogP) is 0.598. The van der Waals surface area contributed by atoms with Crippen LogP contribution in [0.3, 0.4) is 0 Å². The molecule has 0 aliphatic carbocycles. The molecule has 0 radical (unpaired) electrons. The van der Waals surface area contributed by atoms with Gasteiger partial charge in [-0.1, -0.05) is 6.07 Å². The molecule has 1 rings (SSSR count). The van der Waals surface area contributed by atoms with Crippen LogP contribution in [-0.4, -0.2) is 43.6 Å². The summed E-state index contributed by atoms with van der Waals surface area (Å²) in [4.78, 5) is 24.1. The molecular formula is C17H19N2O5-. The molecule has 0 aromatic heterocycles. The van der Waals surface area contributed by atoms with E-state index in [1.807, 2.05) is 0 Å². The quantitative estimate of drug-likeness (QED) is 0.535. The summed E-state index contributed by atoms with van der Waals surface area (Å²) in [6, 6.07) is 6.20. The second-order valence-corrected chi connectivity index (χ2v) is 5.09. The van der Waals surface area contributed by atoms with Gasteiger partial charge in [0.2, 0.25) is 0 Å². The second kappa shape index (κ2) is 8.58. The van der Waals surface area contributed by atoms with Crippen molar-refractivity contribution in [2.24, 2.45) is 0 Å². The number of likely N-dealkylation sites (N-methyl/N-ethyl adjacent to an activating group) is 1. The Labute approximate surface area is 140 Å². The first-order chi connectivity index (χ1) is 11.3. The normalized spacial score (nSPS) is 12.0. The molecule has 1 atom stereocenters. The lowest BCUT2D eigenvalue weighted by molar-refractivity contribution is -0.298. The number of hydrogen-bond acceptors (Lipinski definition) is 6. The summed E-state index contributed by atoms with van der Waals surface area (Å²) in [5, 5.41) is 19.6. The van der Waals surface area contributed by atoms with Gasteiger partial charge < -0.3 is 24.3 Å². The van der Waals surface area contributed by atoms with Crippen molar-refractivity contribution >= 4 is 18.0 Å². The van der Waals surface area contributed by atoms with Crippen molar-refractivity contribution in [2.45, 2.75) is 20.0 Å². The van der Waals surface area contributed by atoms with Gasteiger partial charge in [-0.3, -0.25) is 4.79 Å². The maximum absolute atomic E-state index is 11.9. The molecule has 0 bridgehead atoms. The zero-order valence-electron chi connectivity index (χ0n) is 14.0. The Kier molecular flexibility index (Phi) is 6.80. The highest BCUT2D eigenvalue weighted by molar-refractivity contribution is 5.95. The molecule has 0 saturated heterocycles. The highest BCUT2D eigenvalue weighted by Gasteiger charge is 2.18. The van der Waals surface area contributed by atoms with E-state index < -0.39 is 17.6 Å². The monoisotopic (exact) mass is 331 g/mol. The largest absolute Gasteiger partial charge is 0.544 e. The molecule has 1 amide bonds. The van der Waals surface area contributed by atoms with E-state index in [1.165, 1.54) is 17.0 Å². The van der Waals surface area contributed by atoms with Gasteiger partial charge in [0.1, 0.15) is 6.07 Å². The van der Waals surface area contributed by atoms with Crippen LogP contribution < -0.4 is 14.6 Å². The molecule has 0 heterocycles. The number of carbonyl (C=O) groups is 2. The van der Waals surface area contributed by atoms with Crippen molar-refractivity contribution < 1.29 is 24.2 Å². The Morgan fingerprint density at radius 3 is 2.54 bits per heavy atom. The van der Waals surface area contributed by atoms with Gasteiger partial charge >= 0.3 is 0 Å². The molecule has 1 aromatic carbocycles. The average molecular weight is 331 g/mol. The van der Waals surface area contributed by atoms with E-state index in [2.05, 4.69) is 0 Å². The third-order valence-corrected chi connectivity index (χ3v) is 3.01. The van der Waals surface area contributed by atoms with Gasteiger partial charge in [-0.05, 0) is 37.6 Å². The van der Waals surface area contributed by atoms with Gasteiger partial charge in [-0.2, -0.15) is 5.26 Å². The van der Waals surface area contributed by atoms with Gasteiger partial charge in [-0.25, -0.2) is 0 Å². The van der Waals surface area contributed by atoms with Crippen LogP contribution in [0.1, 0.15) is 19.4 Å². The highest BCUT2D eigenvalue weighted by atomic mass is 16.5. The van der Waals surface area contributed by atoms with Gasteiger partial charge in [0.05, 0.1) is 18.1 Å². The zero-order valence-corrected chi connectivity index (χ0v) is 14.0. The topological polar surface area (TPSA) is 103 Å². The summed E-state index contributed by atoms with van der Waals surface area (Å²) in [6.45, 7) is 3.75. The molecule has 0 saturated carbocycles. The van der Waals surface area contributed by atoms with Crippen molar-refractivity contribution in [2.75, 3.05) is 20.7 Å². The molecule has 7 heteroatoms. The van der Waals surface area contributed by atoms with Gasteiger partial charge in [0.25, 0.3) is 5.91 Å². The van der Waals surface area contributed by atoms with E-state index in [0.717, 1.165) is 0 Å². The van der Waals surface area contributed by atoms with Gasteiger partial charge in [-0.15, -0.1) is 0 Å². The molecule has 128 valence electrons. The summed E-state index contributed by atoms with van der Waals surface area (Å²) < 4.78 is 11.1. The number of carbonyl (C=O) groups excluding carboxylic acids is 2. The second-order valence-electron chi connectivity index (χ2n) is 5.09. The van der Waals surface area contributed by atoms with Crippen LogP contribution in [0.15, 0.2) is 23.8 Å². The first-order valence-corrected chi connectivity index (χ1v) is 7.28. The van der Waals surface area contributed by atoms with Gasteiger partial charge in [0.15, 0.2) is 17.6 Å². The molecule has 24 heavy (non-hydrogen) atoms. The van der Waals surface area contributed by atoms with Crippen LogP contribution in [0.25, 0.3) is 6.08 Å². The number of carboxylic acid groups (broad SMARTS) is 1. The number of carboxylic acids is 1. The SMILES string of the molecule is CCOc1cc(/C=C(\C#N)C(=O)[O-])ccc1O[C@@H](C)C(=O)N(C)C. The van der Waals surface area contributed by atoms with E-state index in [0.29, 0.717) is 23.7 Å². The fourth-order valence-corrected chi connectivity index (χ4v) is 1.89. The van der Waals surface area contributed by atoms with Crippen molar-refractivity contribution in [3.63, 3.8) is 0 Å². The van der Waals surface area contributed by atoms with Crippen LogP contribution in [0.4, 0.5) is 0 Å². The minimum Gasteiger partial charge on any atom is -0.544 e. The number of ether oxygens (including phenoxy) is 2. The standard InChI is InChI=1S/C17H20N2O5/c1-5-23-15-9-12(8-13(10-18)17(21)22)6-7-14(15)24-11(2)16(20)19(3)4/h6-9,11H,5H2,1-4H3,(H,21,22)/p-1/b13-8+/t11-/m0/s1. The first kappa shape index (κ1) is 19.0. The number of amides is 1. The van der Waals surface area contributed by atoms with Crippen LogP contribution in [0.2, 0.25) is 0 Å². The van der Waals surface area contributed by atoms with E-state index in [4.69, 9.17) is 14.7 Å². The van der Waals surface area contributed by atoms with Gasteiger partial charge in [0, 0.05) is 14.1 Å². The third-order valence-electron chi connectivity index (χ3n) is 3.01. The Morgan fingerprint density at radius 2 is 2.04 bits per heavy atom. The highest BCUT2D eigenvalue weighted by Crippen LogP contribution is 2.30. The fourth-order valence-electron chi connectivity index (χ4n) is 1.89. The summed E-state index contributed by atoms with van der Waals surface area (Å²) >= 11 is 0. The summed E-state index contributed by atoms with van der Waals surface area (Å²) in [7, 11) is 3.26. The Morgan fingerprint density at radius 1 is 1.38 bits per heavy atom. The summed E-state index contributed by atoms with van der Waals surface area (Å²) in [5.74, 6) is -1.06. The minimum absolute atomic E-state index is 0.204. The summed E-state index contributed by atoms with van der Waals surface area (Å²) in [5.41, 5.74) is -0.0552. The Balaban J connectivity index is 3.14.